The third-order valence-corrected chi connectivity index (χ3v) is 1.28. The molecule has 2 heteroatoms. The van der Waals surface area contributed by atoms with Gasteiger partial charge in [-0.1, -0.05) is 29.2 Å². The van der Waals surface area contributed by atoms with E-state index in [1.54, 1.807) is 0 Å². The topological polar surface area (TPSA) is 9.23 Å². The van der Waals surface area contributed by atoms with Crippen LogP contribution in [0.2, 0.25) is 0 Å². The molecule has 0 unspecified atom stereocenters. The van der Waals surface area contributed by atoms with E-state index in [4.69, 9.17) is 4.74 Å². The fourth-order valence-corrected chi connectivity index (χ4v) is 0.533. The van der Waals surface area contributed by atoms with E-state index in [0.717, 1.165) is 17.5 Å². The zero-order valence-electron chi connectivity index (χ0n) is 4.19. The second kappa shape index (κ2) is 6.27. The molecule has 0 saturated heterocycles. The van der Waals surface area contributed by atoms with Crippen molar-refractivity contribution in [2.24, 2.45) is 0 Å². The van der Waals surface area contributed by atoms with Gasteiger partial charge in [-0.3, -0.25) is 0 Å². The minimum absolute atomic E-state index is 0.812. The number of alkyl halides is 1. The van der Waals surface area contributed by atoms with Crippen LogP contribution in [0.3, 0.4) is 0 Å². The van der Waals surface area contributed by atoms with Crippen LogP contribution in [-0.2, 0) is 4.74 Å². The van der Waals surface area contributed by atoms with Gasteiger partial charge in [0.15, 0.2) is 0 Å². The summed E-state index contributed by atoms with van der Waals surface area (Å²) in [5.41, 5.74) is 0. The lowest BCUT2D eigenvalue weighted by Gasteiger charge is -1.93. The first-order chi connectivity index (χ1) is 3.41. The van der Waals surface area contributed by atoms with E-state index in [-0.39, 0.29) is 0 Å². The maximum atomic E-state index is 4.83. The van der Waals surface area contributed by atoms with E-state index >= 15 is 0 Å². The van der Waals surface area contributed by atoms with Crippen LogP contribution in [0.1, 0.15) is 6.42 Å². The molecule has 0 heterocycles. The molecule has 0 aromatic rings. The molecule has 0 saturated carbocycles. The average Bonchev–Trinajstić information content (AvgIpc) is 1.69. The molecule has 0 aliphatic rings. The SMILES string of the molecule is C=COCCCI. The highest BCUT2D eigenvalue weighted by Crippen LogP contribution is 1.88. The maximum Gasteiger partial charge on any atom is 0.0880 e. The van der Waals surface area contributed by atoms with Gasteiger partial charge in [0.2, 0.25) is 0 Å². The molecular formula is C5H9IO. The van der Waals surface area contributed by atoms with Crippen molar-refractivity contribution in [2.45, 2.75) is 6.42 Å². The summed E-state index contributed by atoms with van der Waals surface area (Å²) in [6.45, 7) is 4.22. The van der Waals surface area contributed by atoms with Crippen molar-refractivity contribution in [1.29, 1.82) is 0 Å². The van der Waals surface area contributed by atoms with Crippen LogP contribution in [0.5, 0.6) is 0 Å². The standard InChI is InChI=1S/C5H9IO/c1-2-7-5-3-4-6/h2H,1,3-5H2. The fourth-order valence-electron chi connectivity index (χ4n) is 0.221. The van der Waals surface area contributed by atoms with Gasteiger partial charge in [-0.15, -0.1) is 0 Å². The van der Waals surface area contributed by atoms with Gasteiger partial charge < -0.3 is 4.74 Å². The molecular weight excluding hydrogens is 203 g/mol. The highest BCUT2D eigenvalue weighted by Gasteiger charge is 1.77. The predicted molar refractivity (Wildman–Crippen MR) is 39.7 cm³/mol. The van der Waals surface area contributed by atoms with Crippen LogP contribution >= 0.6 is 22.6 Å². The maximum absolute atomic E-state index is 4.83. The Kier molecular flexibility index (Phi) is 6.51. The normalized spacial score (nSPS) is 8.14. The molecule has 0 aliphatic heterocycles. The van der Waals surface area contributed by atoms with Crippen LogP contribution in [0, 0.1) is 0 Å². The minimum Gasteiger partial charge on any atom is -0.502 e. The van der Waals surface area contributed by atoms with E-state index in [1.165, 1.54) is 6.26 Å². The van der Waals surface area contributed by atoms with Gasteiger partial charge in [-0.2, -0.15) is 0 Å². The molecule has 0 radical (unpaired) electrons. The minimum atomic E-state index is 0.812. The Morgan fingerprint density at radius 3 is 2.86 bits per heavy atom. The highest BCUT2D eigenvalue weighted by molar-refractivity contribution is 14.1. The van der Waals surface area contributed by atoms with Crippen molar-refractivity contribution in [2.75, 3.05) is 11.0 Å². The third-order valence-electron chi connectivity index (χ3n) is 0.514. The van der Waals surface area contributed by atoms with Gasteiger partial charge in [0, 0.05) is 4.43 Å². The van der Waals surface area contributed by atoms with Gasteiger partial charge in [0.1, 0.15) is 0 Å². The number of rotatable bonds is 4. The summed E-state index contributed by atoms with van der Waals surface area (Å²) >= 11 is 2.31. The molecule has 0 N–H and O–H groups in total. The Morgan fingerprint density at radius 2 is 2.43 bits per heavy atom. The van der Waals surface area contributed by atoms with Gasteiger partial charge in [0.05, 0.1) is 12.9 Å². The van der Waals surface area contributed by atoms with Crippen LogP contribution in [-0.4, -0.2) is 11.0 Å². The molecule has 0 rings (SSSR count). The van der Waals surface area contributed by atoms with Crippen molar-refractivity contribution >= 4 is 22.6 Å². The lowest BCUT2D eigenvalue weighted by atomic mass is 10.5. The first-order valence-corrected chi connectivity index (χ1v) is 3.73. The first-order valence-electron chi connectivity index (χ1n) is 2.20. The molecule has 0 amide bonds. The van der Waals surface area contributed by atoms with E-state index in [2.05, 4.69) is 29.2 Å². The summed E-state index contributed by atoms with van der Waals surface area (Å²) in [6.07, 6.45) is 2.60. The Balaban J connectivity index is 2.56. The third kappa shape index (κ3) is 6.27. The van der Waals surface area contributed by atoms with Crippen molar-refractivity contribution in [3.63, 3.8) is 0 Å². The second-order valence-electron chi connectivity index (χ2n) is 1.08. The van der Waals surface area contributed by atoms with Crippen LogP contribution in [0.25, 0.3) is 0 Å². The largest absolute Gasteiger partial charge is 0.502 e. The van der Waals surface area contributed by atoms with E-state index in [0.29, 0.717) is 0 Å². The second-order valence-corrected chi connectivity index (χ2v) is 2.16. The summed E-state index contributed by atoms with van der Waals surface area (Å²) in [5.74, 6) is 0. The van der Waals surface area contributed by atoms with E-state index < -0.39 is 0 Å². The zero-order valence-corrected chi connectivity index (χ0v) is 6.35. The molecule has 0 aromatic carbocycles. The van der Waals surface area contributed by atoms with Crippen molar-refractivity contribution in [3.05, 3.63) is 12.8 Å². The lowest BCUT2D eigenvalue weighted by molar-refractivity contribution is 0.253. The fraction of sp³-hybridized carbons (Fsp3) is 0.600. The Labute approximate surface area is 57.9 Å². The summed E-state index contributed by atoms with van der Waals surface area (Å²) in [6, 6.07) is 0. The highest BCUT2D eigenvalue weighted by atomic mass is 127. The number of halogens is 1. The van der Waals surface area contributed by atoms with E-state index in [9.17, 15) is 0 Å². The van der Waals surface area contributed by atoms with Crippen LogP contribution in [0.15, 0.2) is 12.8 Å². The number of ether oxygens (including phenoxy) is 1. The smallest absolute Gasteiger partial charge is 0.0880 e. The Hall–Kier alpha value is 0.270. The number of hydrogen-bond donors (Lipinski definition) is 0. The summed E-state index contributed by atoms with van der Waals surface area (Å²) in [7, 11) is 0. The van der Waals surface area contributed by atoms with Crippen molar-refractivity contribution < 1.29 is 4.74 Å². The molecule has 0 bridgehead atoms. The molecule has 42 valence electrons. The summed E-state index contributed by atoms with van der Waals surface area (Å²) in [4.78, 5) is 0. The van der Waals surface area contributed by atoms with E-state index in [1.807, 2.05) is 0 Å². The summed E-state index contributed by atoms with van der Waals surface area (Å²) < 4.78 is 5.99. The van der Waals surface area contributed by atoms with Crippen LogP contribution < -0.4 is 0 Å². The van der Waals surface area contributed by atoms with Gasteiger partial charge in [0.25, 0.3) is 0 Å². The molecule has 0 aromatic heterocycles. The Morgan fingerprint density at radius 1 is 1.71 bits per heavy atom. The molecule has 0 spiro atoms. The molecule has 0 atom stereocenters. The van der Waals surface area contributed by atoms with Crippen molar-refractivity contribution in [3.8, 4) is 0 Å². The predicted octanol–water partition coefficient (Wildman–Crippen LogP) is 1.97. The monoisotopic (exact) mass is 212 g/mol. The molecule has 0 fully saturated rings. The molecule has 7 heavy (non-hydrogen) atoms. The van der Waals surface area contributed by atoms with Crippen LogP contribution in [0.4, 0.5) is 0 Å². The molecule has 1 nitrogen and oxygen atoms in total. The molecule has 0 aliphatic carbocycles. The zero-order chi connectivity index (χ0) is 5.54. The Bertz CT molecular complexity index is 45.3. The summed E-state index contributed by atoms with van der Waals surface area (Å²) in [5, 5.41) is 0. The first kappa shape index (κ1) is 7.27. The lowest BCUT2D eigenvalue weighted by Crippen LogP contribution is -1.85. The van der Waals surface area contributed by atoms with Gasteiger partial charge in [-0.05, 0) is 6.42 Å². The van der Waals surface area contributed by atoms with Gasteiger partial charge in [-0.25, -0.2) is 0 Å². The quantitative estimate of drug-likeness (QED) is 0.299. The number of hydrogen-bond acceptors (Lipinski definition) is 1. The van der Waals surface area contributed by atoms with Crippen molar-refractivity contribution in [1.82, 2.24) is 0 Å². The average molecular weight is 212 g/mol. The van der Waals surface area contributed by atoms with Gasteiger partial charge >= 0.3 is 0 Å².